The highest BCUT2D eigenvalue weighted by atomic mass is 19.1. The Kier molecular flexibility index (Phi) is 5.08. The van der Waals surface area contributed by atoms with Gasteiger partial charge in [0.15, 0.2) is 11.6 Å². The predicted octanol–water partition coefficient (Wildman–Crippen LogP) is 6.09. The fourth-order valence-electron chi connectivity index (χ4n) is 8.41. The van der Waals surface area contributed by atoms with E-state index >= 15 is 4.39 Å². The van der Waals surface area contributed by atoms with Crippen LogP contribution >= 0.6 is 0 Å². The van der Waals surface area contributed by atoms with E-state index in [4.69, 9.17) is 19.3 Å². The Morgan fingerprint density at radius 2 is 1.80 bits per heavy atom. The summed E-state index contributed by atoms with van der Waals surface area (Å²) < 4.78 is 29.5. The molecule has 41 heavy (non-hydrogen) atoms. The van der Waals surface area contributed by atoms with E-state index in [1.54, 1.807) is 6.07 Å². The zero-order valence-electron chi connectivity index (χ0n) is 23.3. The van der Waals surface area contributed by atoms with Crippen molar-refractivity contribution in [2.75, 3.05) is 18.5 Å². The van der Waals surface area contributed by atoms with Gasteiger partial charge in [-0.05, 0) is 106 Å². The van der Waals surface area contributed by atoms with Crippen LogP contribution in [0, 0.1) is 22.6 Å². The standard InChI is InChI=1S/C32H36FN5O3/c33-26-24(34-28(39)32-13-19(14-32)15-32)4-3-21(25(26)23-5-12-38(36-23)22-17-40-18-22)16-30-6-9-31(10-7-30,11-8-30)29-35-27(37-41-29)20-1-2-20/h3-5,12,19-20,22H,1-2,6-11,13-18H2,(H,34,39). The molecule has 8 fully saturated rings. The van der Waals surface area contributed by atoms with Crippen molar-refractivity contribution < 1.29 is 18.4 Å². The summed E-state index contributed by atoms with van der Waals surface area (Å²) in [4.78, 5) is 17.9. The van der Waals surface area contributed by atoms with Gasteiger partial charge in [0.05, 0.1) is 36.1 Å². The Morgan fingerprint density at radius 1 is 1.05 bits per heavy atom. The fourth-order valence-corrected chi connectivity index (χ4v) is 8.41. The Balaban J connectivity index is 1.01. The van der Waals surface area contributed by atoms with Crippen LogP contribution in [0.25, 0.3) is 11.3 Å². The number of nitrogens with zero attached hydrogens (tertiary/aromatic N) is 4. The molecule has 0 radical (unpaired) electrons. The number of carbonyl (C=O) groups is 1. The van der Waals surface area contributed by atoms with Gasteiger partial charge in [-0.1, -0.05) is 11.2 Å². The van der Waals surface area contributed by atoms with Gasteiger partial charge >= 0.3 is 0 Å². The van der Waals surface area contributed by atoms with Crippen LogP contribution < -0.4 is 5.32 Å². The van der Waals surface area contributed by atoms with E-state index in [9.17, 15) is 4.79 Å². The third kappa shape index (κ3) is 3.73. The van der Waals surface area contributed by atoms with Gasteiger partial charge in [0.1, 0.15) is 0 Å². The van der Waals surface area contributed by atoms with Crippen molar-refractivity contribution in [3.8, 4) is 11.3 Å². The maximum absolute atomic E-state index is 16.4. The average molecular weight is 558 g/mol. The van der Waals surface area contributed by atoms with Gasteiger partial charge in [-0.3, -0.25) is 9.48 Å². The molecule has 7 saturated carbocycles. The van der Waals surface area contributed by atoms with Crippen LogP contribution in [-0.4, -0.2) is 39.0 Å². The van der Waals surface area contributed by atoms with Gasteiger partial charge in [0.2, 0.25) is 11.8 Å². The molecular weight excluding hydrogens is 521 g/mol. The van der Waals surface area contributed by atoms with Crippen LogP contribution in [0.3, 0.4) is 0 Å². The van der Waals surface area contributed by atoms with Crippen molar-refractivity contribution in [2.45, 2.75) is 94.4 Å². The summed E-state index contributed by atoms with van der Waals surface area (Å²) >= 11 is 0. The molecule has 3 aromatic rings. The maximum atomic E-state index is 16.4. The number of hydrogen-bond acceptors (Lipinski definition) is 6. The first-order valence-electron chi connectivity index (χ1n) is 15.5. The van der Waals surface area contributed by atoms with Gasteiger partial charge in [-0.25, -0.2) is 4.39 Å². The Morgan fingerprint density at radius 3 is 2.44 bits per heavy atom. The van der Waals surface area contributed by atoms with E-state index in [1.807, 2.05) is 23.0 Å². The SMILES string of the molecule is O=C(Nc1ccc(CC23CCC(c4nc(C5CC5)no4)(CC2)CC3)c(-c2ccn(C3COC3)n2)c1F)C12CC(C1)C2. The minimum atomic E-state index is -0.367. The zero-order valence-corrected chi connectivity index (χ0v) is 23.3. The lowest BCUT2D eigenvalue weighted by Gasteiger charge is -2.60. The minimum absolute atomic E-state index is 0.00476. The van der Waals surface area contributed by atoms with Crippen molar-refractivity contribution >= 4 is 11.6 Å². The molecule has 9 heteroatoms. The normalized spacial score (nSPS) is 33.6. The lowest BCUT2D eigenvalue weighted by atomic mass is 9.44. The number of halogens is 1. The predicted molar refractivity (Wildman–Crippen MR) is 148 cm³/mol. The second-order valence-electron chi connectivity index (χ2n) is 14.2. The molecule has 1 amide bonds. The molecule has 1 aromatic carbocycles. The molecule has 0 unspecified atom stereocenters. The first kappa shape index (κ1) is 24.5. The minimum Gasteiger partial charge on any atom is -0.377 e. The van der Waals surface area contributed by atoms with Crippen LogP contribution in [-0.2, 0) is 21.4 Å². The lowest BCUT2D eigenvalue weighted by Crippen LogP contribution is -2.58. The first-order chi connectivity index (χ1) is 19.9. The third-order valence-electron chi connectivity index (χ3n) is 11.7. The largest absolute Gasteiger partial charge is 0.377 e. The summed E-state index contributed by atoms with van der Waals surface area (Å²) in [5.74, 6) is 2.52. The molecule has 0 spiro atoms. The number of benzene rings is 1. The molecular formula is C32H36FN5O3. The maximum Gasteiger partial charge on any atom is 0.232 e. The van der Waals surface area contributed by atoms with Gasteiger partial charge in [0.25, 0.3) is 0 Å². The topological polar surface area (TPSA) is 95.1 Å². The molecule has 7 aliphatic carbocycles. The molecule has 11 rings (SSSR count). The summed E-state index contributed by atoms with van der Waals surface area (Å²) in [6.07, 6.45) is 14.2. The van der Waals surface area contributed by atoms with Gasteiger partial charge in [-0.2, -0.15) is 10.1 Å². The van der Waals surface area contributed by atoms with Crippen molar-refractivity contribution in [1.29, 1.82) is 0 Å². The van der Waals surface area contributed by atoms with Crippen molar-refractivity contribution in [1.82, 2.24) is 19.9 Å². The van der Waals surface area contributed by atoms with E-state index in [0.29, 0.717) is 36.3 Å². The lowest BCUT2D eigenvalue weighted by molar-refractivity contribution is -0.158. The molecule has 2 aromatic heterocycles. The Hall–Kier alpha value is -3.07. The first-order valence-corrected chi connectivity index (χ1v) is 15.5. The highest BCUT2D eigenvalue weighted by Gasteiger charge is 2.61. The van der Waals surface area contributed by atoms with Gasteiger partial charge in [0, 0.05) is 23.1 Å². The molecule has 1 aliphatic heterocycles. The molecule has 1 N–H and O–H groups in total. The van der Waals surface area contributed by atoms with Crippen LogP contribution in [0.5, 0.6) is 0 Å². The van der Waals surface area contributed by atoms with Crippen molar-refractivity contribution in [2.24, 2.45) is 16.7 Å². The molecule has 214 valence electrons. The number of amides is 1. The van der Waals surface area contributed by atoms with Crippen LogP contribution in [0.4, 0.5) is 10.1 Å². The highest BCUT2D eigenvalue weighted by molar-refractivity contribution is 5.98. The molecule has 1 saturated heterocycles. The molecule has 0 atom stereocenters. The van der Waals surface area contributed by atoms with Crippen LogP contribution in [0.2, 0.25) is 0 Å². The van der Waals surface area contributed by atoms with E-state index in [-0.39, 0.29) is 39.7 Å². The molecule has 8 aliphatic rings. The number of ether oxygens (including phenoxy) is 1. The summed E-state index contributed by atoms with van der Waals surface area (Å²) in [6, 6.07) is 5.91. The average Bonchev–Trinajstić information content (AvgIpc) is 3.42. The third-order valence-corrected chi connectivity index (χ3v) is 11.7. The number of fused-ring (bicyclic) bond motifs is 3. The number of hydrogen-bond donors (Lipinski definition) is 1. The number of nitrogens with one attached hydrogen (secondary N) is 1. The van der Waals surface area contributed by atoms with Gasteiger partial charge in [-0.15, -0.1) is 0 Å². The summed E-state index contributed by atoms with van der Waals surface area (Å²) in [5, 5.41) is 12.1. The number of carbonyl (C=O) groups excluding carboxylic acids is 1. The summed E-state index contributed by atoms with van der Waals surface area (Å²) in [6.45, 7) is 1.26. The Labute approximate surface area is 238 Å². The van der Waals surface area contributed by atoms with E-state index in [0.717, 1.165) is 81.5 Å². The molecule has 8 nitrogen and oxygen atoms in total. The van der Waals surface area contributed by atoms with E-state index in [1.165, 1.54) is 12.8 Å². The number of aromatic nitrogens is 4. The van der Waals surface area contributed by atoms with E-state index in [2.05, 4.69) is 10.5 Å². The second-order valence-corrected chi connectivity index (χ2v) is 14.2. The van der Waals surface area contributed by atoms with Gasteiger partial charge < -0.3 is 14.6 Å². The molecule has 3 heterocycles. The van der Waals surface area contributed by atoms with Crippen LogP contribution in [0.1, 0.15) is 99.9 Å². The van der Waals surface area contributed by atoms with Crippen molar-refractivity contribution in [3.05, 3.63) is 47.5 Å². The van der Waals surface area contributed by atoms with E-state index < -0.39 is 0 Å². The number of anilines is 1. The summed E-state index contributed by atoms with van der Waals surface area (Å²) in [5.41, 5.74) is 2.24. The van der Waals surface area contributed by atoms with Crippen LogP contribution in [0.15, 0.2) is 28.9 Å². The monoisotopic (exact) mass is 557 g/mol. The fraction of sp³-hybridized carbons (Fsp3) is 0.625. The summed E-state index contributed by atoms with van der Waals surface area (Å²) in [7, 11) is 0. The Bertz CT molecular complexity index is 1510. The molecule has 4 bridgehead atoms. The zero-order chi connectivity index (χ0) is 27.4. The highest BCUT2D eigenvalue weighted by Crippen LogP contribution is 2.65. The quantitative estimate of drug-likeness (QED) is 0.360. The smallest absolute Gasteiger partial charge is 0.232 e. The number of rotatable bonds is 8. The second kappa shape index (κ2) is 8.49. The van der Waals surface area contributed by atoms with Crippen molar-refractivity contribution in [3.63, 3.8) is 0 Å².